The Balaban J connectivity index is 1.36. The highest BCUT2D eigenvalue weighted by Gasteiger charge is 2.11. The summed E-state index contributed by atoms with van der Waals surface area (Å²) in [5.41, 5.74) is 5.41. The molecule has 4 heteroatoms. The number of imidazole rings is 1. The number of hydrogen-bond acceptors (Lipinski definition) is 2. The molecule has 0 fully saturated rings. The number of hydrogen-bond donors (Lipinski definition) is 1. The van der Waals surface area contributed by atoms with Gasteiger partial charge in [-0.3, -0.25) is 4.79 Å². The van der Waals surface area contributed by atoms with Crippen LogP contribution in [0.1, 0.15) is 40.2 Å². The Morgan fingerprint density at radius 2 is 1.71 bits per heavy atom. The molecule has 0 radical (unpaired) electrons. The molecule has 0 unspecified atom stereocenters. The number of aryl methyl sites for hydroxylation is 4. The number of nitrogens with one attached hydrogen (secondary N) is 1. The van der Waals surface area contributed by atoms with E-state index in [0.717, 1.165) is 49.1 Å². The van der Waals surface area contributed by atoms with Crippen LogP contribution in [0.15, 0.2) is 78.9 Å². The average Bonchev–Trinajstić information content (AvgIpc) is 3.15. The number of carbonyl (C=O) groups excluding carboxylic acids is 1. The minimum Gasteiger partial charge on any atom is -0.352 e. The minimum absolute atomic E-state index is 0.0138. The van der Waals surface area contributed by atoms with E-state index in [-0.39, 0.29) is 5.91 Å². The second-order valence-corrected chi connectivity index (χ2v) is 7.99. The van der Waals surface area contributed by atoms with Gasteiger partial charge in [-0.15, -0.1) is 0 Å². The van der Waals surface area contributed by atoms with Crippen molar-refractivity contribution in [1.82, 2.24) is 14.9 Å². The Bertz CT molecular complexity index is 1150. The summed E-state index contributed by atoms with van der Waals surface area (Å²) in [6, 6.07) is 26.6. The molecule has 1 N–H and O–H groups in total. The summed E-state index contributed by atoms with van der Waals surface area (Å²) in [4.78, 5) is 17.2. The Hall–Kier alpha value is -3.40. The van der Waals surface area contributed by atoms with Gasteiger partial charge in [0.05, 0.1) is 11.0 Å². The molecule has 0 aliphatic carbocycles. The quantitative estimate of drug-likeness (QED) is 0.378. The van der Waals surface area contributed by atoms with E-state index in [9.17, 15) is 4.79 Å². The predicted molar refractivity (Wildman–Crippen MR) is 126 cm³/mol. The first-order chi connectivity index (χ1) is 15.2. The molecule has 0 atom stereocenters. The summed E-state index contributed by atoms with van der Waals surface area (Å²) in [7, 11) is 0. The van der Waals surface area contributed by atoms with Crippen LogP contribution < -0.4 is 5.32 Å². The molecule has 4 nitrogen and oxygen atoms in total. The van der Waals surface area contributed by atoms with Crippen molar-refractivity contribution in [2.45, 2.75) is 39.2 Å². The standard InChI is InChI=1S/C27H29N3O/c1-21-10-7-14-23(20-21)27(31)28-18-8-17-26-29-24-15-5-6-16-25(24)30(26)19-9-13-22-11-3-2-4-12-22/h2-7,10-12,14-16,20H,8-9,13,17-19H2,1H3,(H,28,31). The normalized spacial score (nSPS) is 11.0. The molecule has 4 aromatic rings. The highest BCUT2D eigenvalue weighted by Crippen LogP contribution is 2.18. The van der Waals surface area contributed by atoms with E-state index in [1.807, 2.05) is 37.3 Å². The molecule has 0 aliphatic heterocycles. The molecule has 1 aromatic heterocycles. The molecule has 158 valence electrons. The van der Waals surface area contributed by atoms with Crippen LogP contribution in [0, 0.1) is 6.92 Å². The van der Waals surface area contributed by atoms with Crippen LogP contribution in [-0.4, -0.2) is 22.0 Å². The van der Waals surface area contributed by atoms with Crippen molar-refractivity contribution in [3.8, 4) is 0 Å². The molecular formula is C27H29N3O. The van der Waals surface area contributed by atoms with Gasteiger partial charge in [0.25, 0.3) is 5.91 Å². The third-order valence-electron chi connectivity index (χ3n) is 5.57. The Morgan fingerprint density at radius 1 is 0.903 bits per heavy atom. The topological polar surface area (TPSA) is 46.9 Å². The van der Waals surface area contributed by atoms with Gasteiger partial charge < -0.3 is 9.88 Å². The zero-order chi connectivity index (χ0) is 21.5. The molecule has 0 saturated carbocycles. The van der Waals surface area contributed by atoms with E-state index in [2.05, 4.69) is 58.4 Å². The van der Waals surface area contributed by atoms with Crippen LogP contribution in [0.3, 0.4) is 0 Å². The first kappa shape index (κ1) is 20.9. The van der Waals surface area contributed by atoms with Crippen molar-refractivity contribution in [1.29, 1.82) is 0 Å². The van der Waals surface area contributed by atoms with Crippen LogP contribution in [0.25, 0.3) is 11.0 Å². The van der Waals surface area contributed by atoms with Crippen molar-refractivity contribution in [2.24, 2.45) is 0 Å². The number of aromatic nitrogens is 2. The molecule has 1 heterocycles. The number of para-hydroxylation sites is 2. The van der Waals surface area contributed by atoms with E-state index >= 15 is 0 Å². The minimum atomic E-state index is -0.0138. The summed E-state index contributed by atoms with van der Waals surface area (Å²) in [6.45, 7) is 3.58. The Morgan fingerprint density at radius 3 is 2.55 bits per heavy atom. The van der Waals surface area contributed by atoms with Gasteiger partial charge in [-0.1, -0.05) is 60.2 Å². The van der Waals surface area contributed by atoms with Gasteiger partial charge in [0.15, 0.2) is 0 Å². The van der Waals surface area contributed by atoms with Crippen molar-refractivity contribution in [3.63, 3.8) is 0 Å². The second kappa shape index (κ2) is 10.1. The molecule has 0 spiro atoms. The highest BCUT2D eigenvalue weighted by atomic mass is 16.1. The SMILES string of the molecule is Cc1cccc(C(=O)NCCCc2nc3ccccc3n2CCCc2ccccc2)c1. The van der Waals surface area contributed by atoms with Gasteiger partial charge in [-0.05, 0) is 56.0 Å². The average molecular weight is 412 g/mol. The fourth-order valence-electron chi connectivity index (χ4n) is 3.99. The van der Waals surface area contributed by atoms with Gasteiger partial charge in [0.2, 0.25) is 0 Å². The van der Waals surface area contributed by atoms with Gasteiger partial charge >= 0.3 is 0 Å². The Labute approximate surface area is 183 Å². The van der Waals surface area contributed by atoms with Crippen LogP contribution in [-0.2, 0) is 19.4 Å². The van der Waals surface area contributed by atoms with Crippen molar-refractivity contribution >= 4 is 16.9 Å². The maximum atomic E-state index is 12.4. The van der Waals surface area contributed by atoms with Crippen molar-refractivity contribution in [3.05, 3.63) is 101 Å². The predicted octanol–water partition coefficient (Wildman–Crippen LogP) is 5.34. The number of fused-ring (bicyclic) bond motifs is 1. The fraction of sp³-hybridized carbons (Fsp3) is 0.259. The van der Waals surface area contributed by atoms with Crippen molar-refractivity contribution in [2.75, 3.05) is 6.54 Å². The molecule has 31 heavy (non-hydrogen) atoms. The number of nitrogens with zero attached hydrogens (tertiary/aromatic N) is 2. The lowest BCUT2D eigenvalue weighted by Crippen LogP contribution is -2.25. The smallest absolute Gasteiger partial charge is 0.251 e. The first-order valence-electron chi connectivity index (χ1n) is 11.0. The van der Waals surface area contributed by atoms with Gasteiger partial charge in [-0.2, -0.15) is 0 Å². The molecule has 3 aromatic carbocycles. The lowest BCUT2D eigenvalue weighted by atomic mass is 10.1. The largest absolute Gasteiger partial charge is 0.352 e. The molecule has 4 rings (SSSR count). The zero-order valence-corrected chi connectivity index (χ0v) is 18.1. The number of amides is 1. The number of carbonyl (C=O) groups is 1. The highest BCUT2D eigenvalue weighted by molar-refractivity contribution is 5.94. The van der Waals surface area contributed by atoms with Crippen LogP contribution in [0.5, 0.6) is 0 Å². The summed E-state index contributed by atoms with van der Waals surface area (Å²) in [6.07, 6.45) is 3.83. The van der Waals surface area contributed by atoms with Crippen LogP contribution in [0.2, 0.25) is 0 Å². The van der Waals surface area contributed by atoms with Crippen LogP contribution >= 0.6 is 0 Å². The lowest BCUT2D eigenvalue weighted by molar-refractivity contribution is 0.0953. The van der Waals surface area contributed by atoms with E-state index in [4.69, 9.17) is 4.98 Å². The molecular weight excluding hydrogens is 382 g/mol. The van der Waals surface area contributed by atoms with Gasteiger partial charge in [0, 0.05) is 25.1 Å². The Kier molecular flexibility index (Phi) is 6.78. The monoisotopic (exact) mass is 411 g/mol. The molecule has 0 aliphatic rings. The van der Waals surface area contributed by atoms with Crippen LogP contribution in [0.4, 0.5) is 0 Å². The van der Waals surface area contributed by atoms with Gasteiger partial charge in [-0.25, -0.2) is 4.98 Å². The van der Waals surface area contributed by atoms with Crippen molar-refractivity contribution < 1.29 is 4.79 Å². The maximum Gasteiger partial charge on any atom is 0.251 e. The number of rotatable bonds is 9. The summed E-state index contributed by atoms with van der Waals surface area (Å²) in [5, 5.41) is 3.04. The van der Waals surface area contributed by atoms with E-state index < -0.39 is 0 Å². The second-order valence-electron chi connectivity index (χ2n) is 7.99. The summed E-state index contributed by atoms with van der Waals surface area (Å²) in [5.74, 6) is 1.08. The van der Waals surface area contributed by atoms with Gasteiger partial charge in [0.1, 0.15) is 5.82 Å². The maximum absolute atomic E-state index is 12.4. The summed E-state index contributed by atoms with van der Waals surface area (Å²) >= 11 is 0. The van der Waals surface area contributed by atoms with E-state index in [1.54, 1.807) is 0 Å². The van der Waals surface area contributed by atoms with E-state index in [0.29, 0.717) is 12.1 Å². The molecule has 0 bridgehead atoms. The zero-order valence-electron chi connectivity index (χ0n) is 18.1. The van der Waals surface area contributed by atoms with E-state index in [1.165, 1.54) is 11.1 Å². The third kappa shape index (κ3) is 5.40. The molecule has 0 saturated heterocycles. The molecule has 1 amide bonds. The lowest BCUT2D eigenvalue weighted by Gasteiger charge is -2.10. The number of benzene rings is 3. The summed E-state index contributed by atoms with van der Waals surface area (Å²) < 4.78 is 2.35. The third-order valence-corrected chi connectivity index (χ3v) is 5.57. The fourth-order valence-corrected chi connectivity index (χ4v) is 3.99. The first-order valence-corrected chi connectivity index (χ1v) is 11.0.